The van der Waals surface area contributed by atoms with E-state index in [-0.39, 0.29) is 0 Å². The van der Waals surface area contributed by atoms with Gasteiger partial charge in [-0.2, -0.15) is 4.98 Å². The average molecular weight is 290 g/mol. The van der Waals surface area contributed by atoms with Crippen LogP contribution in [0.15, 0.2) is 11.4 Å². The van der Waals surface area contributed by atoms with E-state index in [1.165, 1.54) is 25.7 Å². The second-order valence-electron chi connectivity index (χ2n) is 5.67. The normalized spacial score (nSPS) is 16.3. The highest BCUT2D eigenvalue weighted by atomic mass is 32.1. The van der Waals surface area contributed by atoms with Crippen LogP contribution in [0.5, 0.6) is 0 Å². The molecule has 0 atom stereocenters. The van der Waals surface area contributed by atoms with E-state index in [9.17, 15) is 0 Å². The van der Waals surface area contributed by atoms with Crippen LogP contribution in [0.2, 0.25) is 0 Å². The lowest BCUT2D eigenvalue weighted by molar-refractivity contribution is 0.485. The SMILES string of the molecule is CCCC1(CNc2nc(NCC)nc3sccc23)CC1. The van der Waals surface area contributed by atoms with Gasteiger partial charge in [0.2, 0.25) is 5.95 Å². The first-order valence-corrected chi connectivity index (χ1v) is 8.37. The van der Waals surface area contributed by atoms with Crippen molar-refractivity contribution in [1.82, 2.24) is 9.97 Å². The van der Waals surface area contributed by atoms with Crippen LogP contribution >= 0.6 is 11.3 Å². The molecule has 0 spiro atoms. The van der Waals surface area contributed by atoms with Gasteiger partial charge in [0.25, 0.3) is 0 Å². The summed E-state index contributed by atoms with van der Waals surface area (Å²) in [6.45, 7) is 6.21. The van der Waals surface area contributed by atoms with E-state index in [0.717, 1.165) is 35.1 Å². The molecular weight excluding hydrogens is 268 g/mol. The third-order valence-corrected chi connectivity index (χ3v) is 4.83. The third-order valence-electron chi connectivity index (χ3n) is 4.03. The summed E-state index contributed by atoms with van der Waals surface area (Å²) >= 11 is 1.67. The minimum atomic E-state index is 0.528. The maximum Gasteiger partial charge on any atom is 0.226 e. The molecule has 0 radical (unpaired) electrons. The molecule has 3 rings (SSSR count). The molecule has 1 fully saturated rings. The van der Waals surface area contributed by atoms with Crippen LogP contribution in [0.25, 0.3) is 10.2 Å². The Morgan fingerprint density at radius 1 is 1.25 bits per heavy atom. The molecule has 1 aliphatic carbocycles. The van der Waals surface area contributed by atoms with Gasteiger partial charge in [-0.1, -0.05) is 13.3 Å². The monoisotopic (exact) mass is 290 g/mol. The maximum atomic E-state index is 4.63. The molecule has 2 aromatic rings. The number of nitrogens with one attached hydrogen (secondary N) is 2. The average Bonchev–Trinajstić information content (AvgIpc) is 3.03. The molecule has 2 N–H and O–H groups in total. The fourth-order valence-electron chi connectivity index (χ4n) is 2.72. The predicted molar refractivity (Wildman–Crippen MR) is 86.6 cm³/mol. The topological polar surface area (TPSA) is 49.8 Å². The van der Waals surface area contributed by atoms with Crippen LogP contribution in [0.1, 0.15) is 39.5 Å². The Hall–Kier alpha value is -1.36. The fourth-order valence-corrected chi connectivity index (χ4v) is 3.48. The van der Waals surface area contributed by atoms with Gasteiger partial charge in [0.1, 0.15) is 10.6 Å². The third kappa shape index (κ3) is 2.73. The Morgan fingerprint density at radius 2 is 2.10 bits per heavy atom. The quantitative estimate of drug-likeness (QED) is 0.805. The van der Waals surface area contributed by atoms with Crippen molar-refractivity contribution in [3.8, 4) is 0 Å². The number of anilines is 2. The molecule has 0 aliphatic heterocycles. The second-order valence-corrected chi connectivity index (χ2v) is 6.56. The summed E-state index contributed by atoms with van der Waals surface area (Å²) in [6, 6.07) is 2.11. The highest BCUT2D eigenvalue weighted by Gasteiger charge is 2.41. The van der Waals surface area contributed by atoms with E-state index in [1.807, 2.05) is 0 Å². The van der Waals surface area contributed by atoms with E-state index < -0.39 is 0 Å². The molecule has 1 saturated carbocycles. The van der Waals surface area contributed by atoms with E-state index in [2.05, 4.69) is 45.9 Å². The van der Waals surface area contributed by atoms with E-state index in [0.29, 0.717) is 5.41 Å². The molecule has 2 heterocycles. The first-order valence-electron chi connectivity index (χ1n) is 7.49. The predicted octanol–water partition coefficient (Wildman–Crippen LogP) is 4.12. The lowest BCUT2D eigenvalue weighted by Crippen LogP contribution is -2.16. The van der Waals surface area contributed by atoms with E-state index in [4.69, 9.17) is 0 Å². The Labute approximate surface area is 124 Å². The van der Waals surface area contributed by atoms with Crippen LogP contribution < -0.4 is 10.6 Å². The van der Waals surface area contributed by atoms with Crippen LogP contribution in [0.3, 0.4) is 0 Å². The van der Waals surface area contributed by atoms with Gasteiger partial charge in [0, 0.05) is 13.1 Å². The smallest absolute Gasteiger partial charge is 0.226 e. The van der Waals surface area contributed by atoms with Crippen molar-refractivity contribution in [2.75, 3.05) is 23.7 Å². The largest absolute Gasteiger partial charge is 0.369 e. The van der Waals surface area contributed by atoms with Crippen molar-refractivity contribution < 1.29 is 0 Å². The number of hydrogen-bond acceptors (Lipinski definition) is 5. The Kier molecular flexibility index (Phi) is 3.78. The molecule has 5 heteroatoms. The summed E-state index contributed by atoms with van der Waals surface area (Å²) < 4.78 is 0. The number of fused-ring (bicyclic) bond motifs is 1. The number of hydrogen-bond donors (Lipinski definition) is 2. The highest BCUT2D eigenvalue weighted by molar-refractivity contribution is 7.16. The van der Waals surface area contributed by atoms with Crippen LogP contribution in [0, 0.1) is 5.41 Å². The van der Waals surface area contributed by atoms with Gasteiger partial charge >= 0.3 is 0 Å². The lowest BCUT2D eigenvalue weighted by atomic mass is 10.0. The van der Waals surface area contributed by atoms with Crippen molar-refractivity contribution >= 4 is 33.3 Å². The number of aromatic nitrogens is 2. The van der Waals surface area contributed by atoms with Gasteiger partial charge in [-0.3, -0.25) is 0 Å². The van der Waals surface area contributed by atoms with Gasteiger partial charge < -0.3 is 10.6 Å². The van der Waals surface area contributed by atoms with Crippen molar-refractivity contribution in [2.24, 2.45) is 5.41 Å². The standard InChI is InChI=1S/C15H22N4S/c1-3-6-15(7-8-15)10-17-12-11-5-9-20-13(11)19-14(18-12)16-4-2/h5,9H,3-4,6-8,10H2,1-2H3,(H2,16,17,18,19). The van der Waals surface area contributed by atoms with Crippen molar-refractivity contribution in [3.05, 3.63) is 11.4 Å². The molecular formula is C15H22N4S. The number of thiophene rings is 1. The molecule has 20 heavy (non-hydrogen) atoms. The second kappa shape index (κ2) is 5.56. The Bertz CT molecular complexity index is 589. The number of rotatable bonds is 7. The van der Waals surface area contributed by atoms with Crippen LogP contribution in [-0.4, -0.2) is 23.1 Å². The van der Waals surface area contributed by atoms with Crippen molar-refractivity contribution in [1.29, 1.82) is 0 Å². The first kappa shape index (κ1) is 13.6. The van der Waals surface area contributed by atoms with Crippen LogP contribution in [0.4, 0.5) is 11.8 Å². The van der Waals surface area contributed by atoms with Gasteiger partial charge in [-0.15, -0.1) is 11.3 Å². The zero-order chi connectivity index (χ0) is 14.0. The molecule has 0 amide bonds. The molecule has 0 unspecified atom stereocenters. The Balaban J connectivity index is 1.80. The minimum Gasteiger partial charge on any atom is -0.369 e. The Morgan fingerprint density at radius 3 is 2.80 bits per heavy atom. The molecule has 108 valence electrons. The van der Waals surface area contributed by atoms with Gasteiger partial charge in [-0.05, 0) is 43.0 Å². The molecule has 0 aromatic carbocycles. The molecule has 0 saturated heterocycles. The molecule has 4 nitrogen and oxygen atoms in total. The van der Waals surface area contributed by atoms with Crippen LogP contribution in [-0.2, 0) is 0 Å². The van der Waals surface area contributed by atoms with E-state index >= 15 is 0 Å². The summed E-state index contributed by atoms with van der Waals surface area (Å²) in [5.41, 5.74) is 0.528. The highest BCUT2D eigenvalue weighted by Crippen LogP contribution is 2.49. The summed E-state index contributed by atoms with van der Waals surface area (Å²) in [5, 5.41) is 10.0. The summed E-state index contributed by atoms with van der Waals surface area (Å²) in [7, 11) is 0. The molecule has 0 bridgehead atoms. The minimum absolute atomic E-state index is 0.528. The van der Waals surface area contributed by atoms with Crippen molar-refractivity contribution in [2.45, 2.75) is 39.5 Å². The zero-order valence-corrected chi connectivity index (χ0v) is 13.0. The fraction of sp³-hybridized carbons (Fsp3) is 0.600. The van der Waals surface area contributed by atoms with Gasteiger partial charge in [0.15, 0.2) is 0 Å². The summed E-state index contributed by atoms with van der Waals surface area (Å²) in [4.78, 5) is 10.2. The van der Waals surface area contributed by atoms with Gasteiger partial charge in [0.05, 0.1) is 5.39 Å². The van der Waals surface area contributed by atoms with Gasteiger partial charge in [-0.25, -0.2) is 4.98 Å². The summed E-state index contributed by atoms with van der Waals surface area (Å²) in [5.74, 6) is 1.71. The lowest BCUT2D eigenvalue weighted by Gasteiger charge is -2.16. The number of nitrogens with zero attached hydrogens (tertiary/aromatic N) is 2. The molecule has 1 aliphatic rings. The molecule has 2 aromatic heterocycles. The van der Waals surface area contributed by atoms with Crippen molar-refractivity contribution in [3.63, 3.8) is 0 Å². The maximum absolute atomic E-state index is 4.63. The van der Waals surface area contributed by atoms with E-state index in [1.54, 1.807) is 11.3 Å². The first-order chi connectivity index (χ1) is 9.76. The zero-order valence-electron chi connectivity index (χ0n) is 12.2. The summed E-state index contributed by atoms with van der Waals surface area (Å²) in [6.07, 6.45) is 5.29.